The molecule has 0 aliphatic carbocycles. The van der Waals surface area contributed by atoms with Crippen molar-refractivity contribution in [2.45, 2.75) is 24.4 Å². The SMILES string of the molecule is COC1(Cn2c(CCl)nc3ccccc3c2=O)CCOC1. The molecule has 1 unspecified atom stereocenters. The maximum absolute atomic E-state index is 12.7. The summed E-state index contributed by atoms with van der Waals surface area (Å²) < 4.78 is 12.7. The van der Waals surface area contributed by atoms with E-state index in [1.165, 1.54) is 0 Å². The number of alkyl halides is 1. The molecule has 3 rings (SSSR count). The molecule has 1 aromatic heterocycles. The molecule has 21 heavy (non-hydrogen) atoms. The summed E-state index contributed by atoms with van der Waals surface area (Å²) in [7, 11) is 1.65. The van der Waals surface area contributed by atoms with Crippen LogP contribution in [0.25, 0.3) is 10.9 Å². The molecule has 0 N–H and O–H groups in total. The Labute approximate surface area is 127 Å². The van der Waals surface area contributed by atoms with Crippen LogP contribution in [0.5, 0.6) is 0 Å². The fourth-order valence-corrected chi connectivity index (χ4v) is 2.91. The molecule has 1 aliphatic rings. The molecular weight excluding hydrogens is 292 g/mol. The van der Waals surface area contributed by atoms with E-state index in [-0.39, 0.29) is 11.4 Å². The number of benzene rings is 1. The van der Waals surface area contributed by atoms with Gasteiger partial charge >= 0.3 is 0 Å². The fourth-order valence-electron chi connectivity index (χ4n) is 2.71. The van der Waals surface area contributed by atoms with Crippen molar-refractivity contribution >= 4 is 22.5 Å². The van der Waals surface area contributed by atoms with Gasteiger partial charge in [-0.15, -0.1) is 11.6 Å². The number of hydrogen-bond donors (Lipinski definition) is 0. The Bertz CT molecular complexity index is 708. The smallest absolute Gasteiger partial charge is 0.261 e. The first-order chi connectivity index (χ1) is 10.2. The first kappa shape index (κ1) is 14.5. The second-order valence-corrected chi connectivity index (χ2v) is 5.53. The summed E-state index contributed by atoms with van der Waals surface area (Å²) in [6.07, 6.45) is 0.754. The lowest BCUT2D eigenvalue weighted by atomic mass is 10.0. The zero-order chi connectivity index (χ0) is 14.9. The van der Waals surface area contributed by atoms with Crippen molar-refractivity contribution in [3.8, 4) is 0 Å². The van der Waals surface area contributed by atoms with Crippen LogP contribution in [-0.4, -0.2) is 35.5 Å². The van der Waals surface area contributed by atoms with Crippen molar-refractivity contribution in [2.75, 3.05) is 20.3 Å². The molecule has 1 aliphatic heterocycles. The second kappa shape index (κ2) is 5.75. The van der Waals surface area contributed by atoms with E-state index in [9.17, 15) is 4.79 Å². The van der Waals surface area contributed by atoms with Gasteiger partial charge in [0.25, 0.3) is 5.56 Å². The monoisotopic (exact) mass is 308 g/mol. The van der Waals surface area contributed by atoms with E-state index < -0.39 is 5.60 Å². The number of nitrogens with zero attached hydrogens (tertiary/aromatic N) is 2. The van der Waals surface area contributed by atoms with Gasteiger partial charge in [0.05, 0.1) is 29.9 Å². The first-order valence-corrected chi connectivity index (χ1v) is 7.40. The van der Waals surface area contributed by atoms with Crippen LogP contribution in [0, 0.1) is 0 Å². The summed E-state index contributed by atoms with van der Waals surface area (Å²) in [5.74, 6) is 0.740. The Balaban J connectivity index is 2.12. The van der Waals surface area contributed by atoms with E-state index in [0.29, 0.717) is 36.5 Å². The molecule has 2 aromatic rings. The number of fused-ring (bicyclic) bond motifs is 1. The zero-order valence-corrected chi connectivity index (χ0v) is 12.6. The molecule has 0 spiro atoms. The lowest BCUT2D eigenvalue weighted by molar-refractivity contribution is -0.0306. The van der Waals surface area contributed by atoms with E-state index in [1.54, 1.807) is 17.7 Å². The quantitative estimate of drug-likeness (QED) is 0.810. The molecule has 1 atom stereocenters. The molecule has 0 radical (unpaired) electrons. The zero-order valence-electron chi connectivity index (χ0n) is 11.8. The number of aromatic nitrogens is 2. The summed E-state index contributed by atoms with van der Waals surface area (Å²) in [6.45, 7) is 1.52. The minimum atomic E-state index is -0.477. The summed E-state index contributed by atoms with van der Waals surface area (Å²) in [6, 6.07) is 7.30. The van der Waals surface area contributed by atoms with Crippen LogP contribution in [0.2, 0.25) is 0 Å². The Morgan fingerprint density at radius 1 is 1.48 bits per heavy atom. The van der Waals surface area contributed by atoms with E-state index in [4.69, 9.17) is 21.1 Å². The number of rotatable bonds is 4. The molecule has 0 saturated carbocycles. The lowest BCUT2D eigenvalue weighted by Crippen LogP contribution is -2.41. The predicted octanol–water partition coefficient (Wildman–Crippen LogP) is 1.94. The van der Waals surface area contributed by atoms with Crippen LogP contribution < -0.4 is 5.56 Å². The van der Waals surface area contributed by atoms with Crippen LogP contribution in [-0.2, 0) is 21.9 Å². The molecular formula is C15H17ClN2O3. The highest BCUT2D eigenvalue weighted by Gasteiger charge is 2.36. The van der Waals surface area contributed by atoms with Gasteiger partial charge in [0.15, 0.2) is 0 Å². The van der Waals surface area contributed by atoms with Gasteiger partial charge in [-0.3, -0.25) is 9.36 Å². The van der Waals surface area contributed by atoms with Crippen molar-refractivity contribution in [1.82, 2.24) is 9.55 Å². The van der Waals surface area contributed by atoms with Gasteiger partial charge in [0.1, 0.15) is 11.4 Å². The highest BCUT2D eigenvalue weighted by atomic mass is 35.5. The van der Waals surface area contributed by atoms with Gasteiger partial charge in [-0.05, 0) is 12.1 Å². The summed E-state index contributed by atoms with van der Waals surface area (Å²) in [5, 5.41) is 0.594. The summed E-state index contributed by atoms with van der Waals surface area (Å²) >= 11 is 5.98. The largest absolute Gasteiger partial charge is 0.378 e. The van der Waals surface area contributed by atoms with E-state index in [1.807, 2.05) is 18.2 Å². The minimum absolute atomic E-state index is 0.0837. The molecule has 1 saturated heterocycles. The second-order valence-electron chi connectivity index (χ2n) is 5.26. The van der Waals surface area contributed by atoms with Crippen molar-refractivity contribution in [3.05, 3.63) is 40.4 Å². The van der Waals surface area contributed by atoms with Crippen molar-refractivity contribution < 1.29 is 9.47 Å². The standard InChI is InChI=1S/C15H17ClN2O3/c1-20-15(6-7-21-10-15)9-18-13(8-16)17-12-5-3-2-4-11(12)14(18)19/h2-5H,6-10H2,1H3. The summed E-state index contributed by atoms with van der Waals surface area (Å²) in [5.41, 5.74) is 0.109. The molecule has 5 nitrogen and oxygen atoms in total. The minimum Gasteiger partial charge on any atom is -0.378 e. The Hall–Kier alpha value is -1.43. The van der Waals surface area contributed by atoms with E-state index >= 15 is 0 Å². The normalized spacial score (nSPS) is 22.0. The molecule has 0 bridgehead atoms. The Kier molecular flexibility index (Phi) is 3.97. The van der Waals surface area contributed by atoms with Gasteiger partial charge < -0.3 is 9.47 Å². The molecule has 1 fully saturated rings. The van der Waals surface area contributed by atoms with Crippen molar-refractivity contribution in [1.29, 1.82) is 0 Å². The van der Waals surface area contributed by atoms with Crippen LogP contribution in [0.1, 0.15) is 12.2 Å². The highest BCUT2D eigenvalue weighted by Crippen LogP contribution is 2.25. The highest BCUT2D eigenvalue weighted by molar-refractivity contribution is 6.16. The lowest BCUT2D eigenvalue weighted by Gasteiger charge is -2.27. The Morgan fingerprint density at radius 3 is 2.95 bits per heavy atom. The van der Waals surface area contributed by atoms with E-state index in [2.05, 4.69) is 4.98 Å². The van der Waals surface area contributed by atoms with Crippen LogP contribution in [0.4, 0.5) is 0 Å². The average molecular weight is 309 g/mol. The number of hydrogen-bond acceptors (Lipinski definition) is 4. The van der Waals surface area contributed by atoms with Gasteiger partial charge in [0, 0.05) is 20.1 Å². The third kappa shape index (κ3) is 2.57. The number of para-hydroxylation sites is 1. The van der Waals surface area contributed by atoms with Crippen LogP contribution in [0.3, 0.4) is 0 Å². The number of halogens is 1. The molecule has 0 amide bonds. The van der Waals surface area contributed by atoms with Gasteiger partial charge in [-0.1, -0.05) is 12.1 Å². The average Bonchev–Trinajstić information content (AvgIpc) is 2.99. The molecule has 2 heterocycles. The molecule has 6 heteroatoms. The van der Waals surface area contributed by atoms with E-state index in [0.717, 1.165) is 6.42 Å². The van der Waals surface area contributed by atoms with Gasteiger partial charge in [-0.25, -0.2) is 4.98 Å². The summed E-state index contributed by atoms with van der Waals surface area (Å²) in [4.78, 5) is 17.2. The van der Waals surface area contributed by atoms with Gasteiger partial charge in [0.2, 0.25) is 0 Å². The third-order valence-electron chi connectivity index (χ3n) is 4.01. The van der Waals surface area contributed by atoms with Crippen LogP contribution >= 0.6 is 11.6 Å². The maximum atomic E-state index is 12.7. The molecule has 1 aromatic carbocycles. The Morgan fingerprint density at radius 2 is 2.29 bits per heavy atom. The fraction of sp³-hybridized carbons (Fsp3) is 0.467. The maximum Gasteiger partial charge on any atom is 0.261 e. The van der Waals surface area contributed by atoms with Crippen molar-refractivity contribution in [2.24, 2.45) is 0 Å². The number of ether oxygens (including phenoxy) is 2. The topological polar surface area (TPSA) is 53.4 Å². The predicted molar refractivity (Wildman–Crippen MR) is 80.7 cm³/mol. The third-order valence-corrected chi connectivity index (χ3v) is 4.25. The van der Waals surface area contributed by atoms with Crippen LogP contribution in [0.15, 0.2) is 29.1 Å². The van der Waals surface area contributed by atoms with Crippen molar-refractivity contribution in [3.63, 3.8) is 0 Å². The van der Waals surface area contributed by atoms with Gasteiger partial charge in [-0.2, -0.15) is 0 Å². The molecule has 112 valence electrons. The first-order valence-electron chi connectivity index (χ1n) is 6.86. The number of methoxy groups -OCH3 is 1.